The number of hydrogen-bond acceptors (Lipinski definition) is 2. The van der Waals surface area contributed by atoms with Crippen molar-refractivity contribution in [3.05, 3.63) is 0 Å². The van der Waals surface area contributed by atoms with Crippen molar-refractivity contribution in [3.8, 4) is 0 Å². The van der Waals surface area contributed by atoms with Crippen LogP contribution >= 0.6 is 0 Å². The van der Waals surface area contributed by atoms with Gasteiger partial charge in [0.15, 0.2) is 0 Å². The van der Waals surface area contributed by atoms with Crippen LogP contribution in [0.1, 0.15) is 182 Å². The van der Waals surface area contributed by atoms with E-state index in [4.69, 9.17) is 0 Å². The molecule has 0 aromatic carbocycles. The van der Waals surface area contributed by atoms with E-state index in [2.05, 4.69) is 37.7 Å². The molecule has 0 atom stereocenters. The predicted molar refractivity (Wildman–Crippen MR) is 157 cm³/mol. The lowest BCUT2D eigenvalue weighted by molar-refractivity contribution is -0.0308. The van der Waals surface area contributed by atoms with Crippen molar-refractivity contribution in [1.29, 1.82) is 0 Å². The second-order valence-corrected chi connectivity index (χ2v) is 11.0. The van der Waals surface area contributed by atoms with Crippen LogP contribution in [-0.2, 0) is 0 Å². The van der Waals surface area contributed by atoms with Crippen LogP contribution in [0.25, 0.3) is 0 Å². The summed E-state index contributed by atoms with van der Waals surface area (Å²) in [6.45, 7) is 14.5. The maximum Gasteiger partial charge on any atom is 0.0133 e. The van der Waals surface area contributed by atoms with Gasteiger partial charge in [0.1, 0.15) is 0 Å². The van der Waals surface area contributed by atoms with E-state index in [1.165, 1.54) is 180 Å². The molecule has 0 aliphatic heterocycles. The normalized spacial score (nSPS) is 11.8. The van der Waals surface area contributed by atoms with E-state index in [1.54, 1.807) is 0 Å². The first-order chi connectivity index (χ1) is 16.8. The number of hydrogen-bond donors (Lipinski definition) is 0. The molecule has 206 valence electrons. The summed E-state index contributed by atoms with van der Waals surface area (Å²) in [5.74, 6) is 0. The van der Waals surface area contributed by atoms with Crippen molar-refractivity contribution in [2.75, 3.05) is 26.2 Å². The van der Waals surface area contributed by atoms with Gasteiger partial charge in [-0.2, -0.15) is 0 Å². The topological polar surface area (TPSA) is 6.48 Å². The molecule has 0 aromatic rings. The fourth-order valence-corrected chi connectivity index (χ4v) is 5.09. The Labute approximate surface area is 218 Å². The molecule has 0 aliphatic carbocycles. The van der Waals surface area contributed by atoms with Gasteiger partial charge in [0.05, 0.1) is 0 Å². The number of hydrazine groups is 1. The highest BCUT2D eigenvalue weighted by Crippen LogP contribution is 2.15. The Morgan fingerprint density at radius 1 is 0.235 bits per heavy atom. The molecule has 0 aromatic heterocycles. The van der Waals surface area contributed by atoms with Crippen LogP contribution < -0.4 is 0 Å². The Kier molecular flexibility index (Phi) is 29.1. The van der Waals surface area contributed by atoms with E-state index >= 15 is 0 Å². The minimum Gasteiger partial charge on any atom is -0.242 e. The van der Waals surface area contributed by atoms with Crippen LogP contribution in [0.4, 0.5) is 0 Å². The standard InChI is InChI=1S/C32H68N2/c1-5-9-13-17-21-25-29-33(30-26-22-18-14-10-6-2)34(31-27-23-19-15-11-7-3)32-28-24-20-16-12-8-4/h5-32H2,1-4H3. The van der Waals surface area contributed by atoms with Crippen molar-refractivity contribution in [2.45, 2.75) is 182 Å². The monoisotopic (exact) mass is 481 g/mol. The Balaban J connectivity index is 4.66. The zero-order valence-corrected chi connectivity index (χ0v) is 24.7. The van der Waals surface area contributed by atoms with E-state index < -0.39 is 0 Å². The van der Waals surface area contributed by atoms with E-state index in [0.717, 1.165) is 0 Å². The fourth-order valence-electron chi connectivity index (χ4n) is 5.09. The van der Waals surface area contributed by atoms with Crippen LogP contribution in [0.15, 0.2) is 0 Å². The summed E-state index contributed by atoms with van der Waals surface area (Å²) in [6, 6.07) is 0. The summed E-state index contributed by atoms with van der Waals surface area (Å²) < 4.78 is 0. The zero-order chi connectivity index (χ0) is 25.0. The molecule has 0 saturated carbocycles. The van der Waals surface area contributed by atoms with Crippen molar-refractivity contribution in [1.82, 2.24) is 10.0 Å². The molecule has 0 saturated heterocycles. The molecule has 34 heavy (non-hydrogen) atoms. The van der Waals surface area contributed by atoms with Crippen LogP contribution in [0.2, 0.25) is 0 Å². The van der Waals surface area contributed by atoms with Gasteiger partial charge < -0.3 is 0 Å². The van der Waals surface area contributed by atoms with Gasteiger partial charge in [0.2, 0.25) is 0 Å². The Morgan fingerprint density at radius 2 is 0.412 bits per heavy atom. The second kappa shape index (κ2) is 29.2. The molecule has 0 aliphatic rings. The average molecular weight is 481 g/mol. The SMILES string of the molecule is CCCCCCCCN(CCCCCCCC)N(CCCCCCCC)CCCCCCCC. The van der Waals surface area contributed by atoms with Gasteiger partial charge in [-0.25, -0.2) is 10.0 Å². The molecule has 0 spiro atoms. The summed E-state index contributed by atoms with van der Waals surface area (Å²) >= 11 is 0. The Hall–Kier alpha value is -0.0800. The molecule has 0 N–H and O–H groups in total. The smallest absolute Gasteiger partial charge is 0.0133 e. The van der Waals surface area contributed by atoms with Crippen molar-refractivity contribution < 1.29 is 0 Å². The van der Waals surface area contributed by atoms with Crippen molar-refractivity contribution >= 4 is 0 Å². The third-order valence-electron chi connectivity index (χ3n) is 7.48. The minimum atomic E-state index is 1.30. The summed E-state index contributed by atoms with van der Waals surface area (Å²) in [6.07, 6.45) is 33.9. The highest BCUT2D eigenvalue weighted by Gasteiger charge is 2.14. The minimum absolute atomic E-state index is 1.30. The van der Waals surface area contributed by atoms with E-state index in [-0.39, 0.29) is 0 Å². The first-order valence-corrected chi connectivity index (χ1v) is 16.3. The highest BCUT2D eigenvalue weighted by atomic mass is 15.6. The lowest BCUT2D eigenvalue weighted by Gasteiger charge is -2.36. The summed E-state index contributed by atoms with van der Waals surface area (Å²) in [4.78, 5) is 0. The third kappa shape index (κ3) is 23.7. The molecule has 0 radical (unpaired) electrons. The zero-order valence-electron chi connectivity index (χ0n) is 24.7. The summed E-state index contributed by atoms with van der Waals surface area (Å²) in [7, 11) is 0. The number of unbranched alkanes of at least 4 members (excludes halogenated alkanes) is 20. The van der Waals surface area contributed by atoms with Gasteiger partial charge in [-0.3, -0.25) is 0 Å². The second-order valence-electron chi connectivity index (χ2n) is 11.0. The van der Waals surface area contributed by atoms with Crippen molar-refractivity contribution in [3.63, 3.8) is 0 Å². The predicted octanol–water partition coefficient (Wildman–Crippen LogP) is 10.9. The summed E-state index contributed by atoms with van der Waals surface area (Å²) in [5, 5.41) is 5.63. The molecular weight excluding hydrogens is 412 g/mol. The first kappa shape index (κ1) is 33.9. The van der Waals surface area contributed by atoms with Crippen LogP contribution in [0.5, 0.6) is 0 Å². The maximum absolute atomic E-state index is 2.82. The molecule has 0 rings (SSSR count). The van der Waals surface area contributed by atoms with Gasteiger partial charge in [-0.05, 0) is 25.7 Å². The lowest BCUT2D eigenvalue weighted by Crippen LogP contribution is -2.45. The molecule has 0 amide bonds. The largest absolute Gasteiger partial charge is 0.242 e. The first-order valence-electron chi connectivity index (χ1n) is 16.3. The third-order valence-corrected chi connectivity index (χ3v) is 7.48. The molecule has 0 fully saturated rings. The van der Waals surface area contributed by atoms with Gasteiger partial charge in [-0.15, -0.1) is 0 Å². The quantitative estimate of drug-likeness (QED) is 0.0775. The van der Waals surface area contributed by atoms with Gasteiger partial charge >= 0.3 is 0 Å². The van der Waals surface area contributed by atoms with Crippen LogP contribution in [0.3, 0.4) is 0 Å². The highest BCUT2D eigenvalue weighted by molar-refractivity contribution is 4.63. The Bertz CT molecular complexity index is 291. The molecule has 0 unspecified atom stereocenters. The van der Waals surface area contributed by atoms with E-state index in [9.17, 15) is 0 Å². The number of nitrogens with zero attached hydrogens (tertiary/aromatic N) is 2. The Morgan fingerprint density at radius 3 is 0.618 bits per heavy atom. The molecular formula is C32H68N2. The fraction of sp³-hybridized carbons (Fsp3) is 1.00. The van der Waals surface area contributed by atoms with Crippen LogP contribution in [0, 0.1) is 0 Å². The maximum atomic E-state index is 2.82. The van der Waals surface area contributed by atoms with Crippen LogP contribution in [-0.4, -0.2) is 36.2 Å². The van der Waals surface area contributed by atoms with Gasteiger partial charge in [0.25, 0.3) is 0 Å². The molecule has 2 heteroatoms. The average Bonchev–Trinajstić information content (AvgIpc) is 2.85. The van der Waals surface area contributed by atoms with Crippen molar-refractivity contribution in [2.24, 2.45) is 0 Å². The van der Waals surface area contributed by atoms with E-state index in [1.807, 2.05) is 0 Å². The van der Waals surface area contributed by atoms with Gasteiger partial charge in [0, 0.05) is 26.2 Å². The van der Waals surface area contributed by atoms with E-state index in [0.29, 0.717) is 0 Å². The number of rotatable bonds is 29. The lowest BCUT2D eigenvalue weighted by atomic mass is 10.1. The molecule has 0 heterocycles. The molecule has 0 bridgehead atoms. The van der Waals surface area contributed by atoms with Gasteiger partial charge in [-0.1, -0.05) is 156 Å². The molecule has 2 nitrogen and oxygen atoms in total. The summed E-state index contributed by atoms with van der Waals surface area (Å²) in [5.41, 5.74) is 0.